The summed E-state index contributed by atoms with van der Waals surface area (Å²) >= 11 is 0. The minimum absolute atomic E-state index is 0.321. The van der Waals surface area contributed by atoms with Crippen LogP contribution in [0.3, 0.4) is 0 Å². The Labute approximate surface area is 145 Å². The summed E-state index contributed by atoms with van der Waals surface area (Å²) in [7, 11) is 0. The van der Waals surface area contributed by atoms with Crippen LogP contribution in [0, 0.1) is 6.92 Å². The molecular formula is C19H18N2O4. The molecule has 3 amide bonds. The lowest BCUT2D eigenvalue weighted by atomic mass is 10.1. The summed E-state index contributed by atoms with van der Waals surface area (Å²) in [5, 5.41) is 2.71. The second-order valence-corrected chi connectivity index (χ2v) is 5.70. The van der Waals surface area contributed by atoms with Gasteiger partial charge in [0.25, 0.3) is 11.8 Å². The number of anilines is 1. The molecule has 0 spiro atoms. The Hall–Kier alpha value is -3.15. The molecule has 0 aromatic heterocycles. The number of nitrogens with one attached hydrogen (secondary N) is 1. The standard InChI is InChI=1S/C19H18N2O4/c1-3-25-16-9-8-13(10-12(16)2)20-17(22)11-21-18(23)14-6-4-5-7-15(14)19(21)24/h4-10H,3,11H2,1-2H3,(H,20,22). The zero-order chi connectivity index (χ0) is 18.0. The van der Waals surface area contributed by atoms with Gasteiger partial charge in [-0.1, -0.05) is 12.1 Å². The van der Waals surface area contributed by atoms with Crippen molar-refractivity contribution in [3.63, 3.8) is 0 Å². The van der Waals surface area contributed by atoms with Gasteiger partial charge in [-0.25, -0.2) is 0 Å². The first-order chi connectivity index (χ1) is 12.0. The van der Waals surface area contributed by atoms with E-state index in [2.05, 4.69) is 5.32 Å². The molecular weight excluding hydrogens is 320 g/mol. The van der Waals surface area contributed by atoms with E-state index in [0.717, 1.165) is 16.2 Å². The van der Waals surface area contributed by atoms with Crippen molar-refractivity contribution >= 4 is 23.4 Å². The second kappa shape index (κ2) is 6.76. The van der Waals surface area contributed by atoms with Gasteiger partial charge in [0.1, 0.15) is 12.3 Å². The molecule has 1 aliphatic heterocycles. The summed E-state index contributed by atoms with van der Waals surface area (Å²) in [5.41, 5.74) is 2.14. The molecule has 128 valence electrons. The first-order valence-corrected chi connectivity index (χ1v) is 7.99. The maximum Gasteiger partial charge on any atom is 0.262 e. The van der Waals surface area contributed by atoms with Gasteiger partial charge in [0.2, 0.25) is 5.91 Å². The Morgan fingerprint density at radius 2 is 1.72 bits per heavy atom. The molecule has 1 aliphatic rings. The molecule has 25 heavy (non-hydrogen) atoms. The Morgan fingerprint density at radius 1 is 1.08 bits per heavy atom. The molecule has 0 atom stereocenters. The van der Waals surface area contributed by atoms with Crippen molar-refractivity contribution in [2.24, 2.45) is 0 Å². The first-order valence-electron chi connectivity index (χ1n) is 7.99. The van der Waals surface area contributed by atoms with Crippen LogP contribution in [0.1, 0.15) is 33.2 Å². The molecule has 2 aromatic carbocycles. The number of benzene rings is 2. The highest BCUT2D eigenvalue weighted by Crippen LogP contribution is 2.24. The average Bonchev–Trinajstić information content (AvgIpc) is 2.83. The molecule has 3 rings (SSSR count). The van der Waals surface area contributed by atoms with E-state index in [1.165, 1.54) is 0 Å². The number of nitrogens with zero attached hydrogens (tertiary/aromatic N) is 1. The smallest absolute Gasteiger partial charge is 0.262 e. The van der Waals surface area contributed by atoms with Crippen molar-refractivity contribution in [2.45, 2.75) is 13.8 Å². The van der Waals surface area contributed by atoms with E-state index in [4.69, 9.17) is 4.74 Å². The number of carbonyl (C=O) groups excluding carboxylic acids is 3. The van der Waals surface area contributed by atoms with E-state index in [1.54, 1.807) is 42.5 Å². The van der Waals surface area contributed by atoms with Gasteiger partial charge in [0.05, 0.1) is 17.7 Å². The summed E-state index contributed by atoms with van der Waals surface area (Å²) in [6.45, 7) is 4.02. The lowest BCUT2D eigenvalue weighted by Crippen LogP contribution is -2.37. The Kier molecular flexibility index (Phi) is 4.52. The molecule has 6 heteroatoms. The number of rotatable bonds is 5. The third kappa shape index (κ3) is 3.24. The van der Waals surface area contributed by atoms with Gasteiger partial charge in [-0.15, -0.1) is 0 Å². The van der Waals surface area contributed by atoms with Crippen LogP contribution in [0.2, 0.25) is 0 Å². The normalized spacial score (nSPS) is 13.0. The molecule has 0 saturated carbocycles. The Morgan fingerprint density at radius 3 is 2.28 bits per heavy atom. The van der Waals surface area contributed by atoms with Gasteiger partial charge in [-0.2, -0.15) is 0 Å². The molecule has 0 unspecified atom stereocenters. The van der Waals surface area contributed by atoms with Gasteiger partial charge in [-0.3, -0.25) is 19.3 Å². The number of imide groups is 1. The number of ether oxygens (including phenoxy) is 1. The fraction of sp³-hybridized carbons (Fsp3) is 0.211. The van der Waals surface area contributed by atoms with E-state index < -0.39 is 17.7 Å². The largest absolute Gasteiger partial charge is 0.494 e. The minimum Gasteiger partial charge on any atom is -0.494 e. The SMILES string of the molecule is CCOc1ccc(NC(=O)CN2C(=O)c3ccccc3C2=O)cc1C. The highest BCUT2D eigenvalue weighted by Gasteiger charge is 2.36. The first kappa shape index (κ1) is 16.7. The zero-order valence-corrected chi connectivity index (χ0v) is 14.0. The molecule has 0 radical (unpaired) electrons. The van der Waals surface area contributed by atoms with E-state index >= 15 is 0 Å². The topological polar surface area (TPSA) is 75.7 Å². The van der Waals surface area contributed by atoms with Crippen LogP contribution < -0.4 is 10.1 Å². The van der Waals surface area contributed by atoms with Crippen LogP contribution >= 0.6 is 0 Å². The van der Waals surface area contributed by atoms with Crippen LogP contribution in [0.25, 0.3) is 0 Å². The van der Waals surface area contributed by atoms with Crippen molar-refractivity contribution < 1.29 is 19.1 Å². The van der Waals surface area contributed by atoms with Crippen molar-refractivity contribution in [2.75, 3.05) is 18.5 Å². The van der Waals surface area contributed by atoms with E-state index in [0.29, 0.717) is 23.4 Å². The predicted molar refractivity (Wildman–Crippen MR) is 92.8 cm³/mol. The van der Waals surface area contributed by atoms with Crippen LogP contribution in [0.4, 0.5) is 5.69 Å². The predicted octanol–water partition coefficient (Wildman–Crippen LogP) is 2.63. The molecule has 0 aliphatic carbocycles. The third-order valence-corrected chi connectivity index (χ3v) is 3.94. The second-order valence-electron chi connectivity index (χ2n) is 5.70. The van der Waals surface area contributed by atoms with E-state index in [-0.39, 0.29) is 6.54 Å². The van der Waals surface area contributed by atoms with Crippen LogP contribution in [-0.2, 0) is 4.79 Å². The molecule has 0 fully saturated rings. The molecule has 2 aromatic rings. The van der Waals surface area contributed by atoms with Crippen molar-refractivity contribution in [1.29, 1.82) is 0 Å². The van der Waals surface area contributed by atoms with Crippen LogP contribution in [0.5, 0.6) is 5.75 Å². The van der Waals surface area contributed by atoms with E-state index in [1.807, 2.05) is 13.8 Å². The van der Waals surface area contributed by atoms with Gasteiger partial charge in [-0.05, 0) is 49.7 Å². The monoisotopic (exact) mass is 338 g/mol. The van der Waals surface area contributed by atoms with Crippen molar-refractivity contribution in [3.05, 3.63) is 59.2 Å². The number of fused-ring (bicyclic) bond motifs is 1. The highest BCUT2D eigenvalue weighted by atomic mass is 16.5. The summed E-state index contributed by atoms with van der Waals surface area (Å²) in [5.74, 6) is -0.573. The third-order valence-electron chi connectivity index (χ3n) is 3.94. The maximum atomic E-state index is 12.3. The zero-order valence-electron chi connectivity index (χ0n) is 14.0. The lowest BCUT2D eigenvalue weighted by Gasteiger charge is -2.14. The summed E-state index contributed by atoms with van der Waals surface area (Å²) in [6, 6.07) is 11.8. The van der Waals surface area contributed by atoms with Crippen molar-refractivity contribution in [3.8, 4) is 5.75 Å². The minimum atomic E-state index is -0.446. The number of aryl methyl sites for hydroxylation is 1. The quantitative estimate of drug-likeness (QED) is 0.851. The number of amides is 3. The van der Waals surface area contributed by atoms with Gasteiger partial charge >= 0.3 is 0 Å². The summed E-state index contributed by atoms with van der Waals surface area (Å²) in [6.07, 6.45) is 0. The molecule has 1 N–H and O–H groups in total. The summed E-state index contributed by atoms with van der Waals surface area (Å²) in [4.78, 5) is 37.8. The molecule has 6 nitrogen and oxygen atoms in total. The fourth-order valence-electron chi connectivity index (χ4n) is 2.77. The summed E-state index contributed by atoms with van der Waals surface area (Å²) < 4.78 is 5.46. The molecule has 0 saturated heterocycles. The van der Waals surface area contributed by atoms with Gasteiger partial charge in [0, 0.05) is 5.69 Å². The van der Waals surface area contributed by atoms with Gasteiger partial charge < -0.3 is 10.1 Å². The molecule has 1 heterocycles. The van der Waals surface area contributed by atoms with E-state index in [9.17, 15) is 14.4 Å². The fourth-order valence-corrected chi connectivity index (χ4v) is 2.77. The molecule has 0 bridgehead atoms. The van der Waals surface area contributed by atoms with Gasteiger partial charge in [0.15, 0.2) is 0 Å². The average molecular weight is 338 g/mol. The highest BCUT2D eigenvalue weighted by molar-refractivity contribution is 6.22. The number of hydrogen-bond acceptors (Lipinski definition) is 4. The van der Waals surface area contributed by atoms with Crippen LogP contribution in [-0.4, -0.2) is 35.8 Å². The number of carbonyl (C=O) groups is 3. The lowest BCUT2D eigenvalue weighted by molar-refractivity contribution is -0.116. The van der Waals surface area contributed by atoms with Crippen LogP contribution in [0.15, 0.2) is 42.5 Å². The maximum absolute atomic E-state index is 12.3. The number of hydrogen-bond donors (Lipinski definition) is 1. The Balaban J connectivity index is 1.69. The Bertz CT molecular complexity index is 825. The van der Waals surface area contributed by atoms with Crippen molar-refractivity contribution in [1.82, 2.24) is 4.90 Å².